The molecular formula is C20H32ClN3O. The van der Waals surface area contributed by atoms with Crippen molar-refractivity contribution in [2.24, 2.45) is 0 Å². The van der Waals surface area contributed by atoms with Gasteiger partial charge in [-0.25, -0.2) is 0 Å². The molecule has 0 N–H and O–H groups in total. The molecule has 1 aromatic carbocycles. The average Bonchev–Trinajstić information content (AvgIpc) is 2.80. The van der Waals surface area contributed by atoms with Crippen LogP contribution in [0, 0.1) is 0 Å². The fourth-order valence-electron chi connectivity index (χ4n) is 3.46. The highest BCUT2D eigenvalue weighted by molar-refractivity contribution is 6.30. The quantitative estimate of drug-likeness (QED) is 0.705. The molecule has 0 spiro atoms. The summed E-state index contributed by atoms with van der Waals surface area (Å²) in [5.41, 5.74) is 1.14. The third-order valence-electron chi connectivity index (χ3n) is 5.35. The molecule has 1 atom stereocenters. The lowest BCUT2D eigenvalue weighted by atomic mass is 10.1. The van der Waals surface area contributed by atoms with Crippen LogP contribution in [0.3, 0.4) is 0 Å². The Morgan fingerprint density at radius 1 is 1.12 bits per heavy atom. The van der Waals surface area contributed by atoms with E-state index in [1.54, 1.807) is 0 Å². The zero-order valence-corrected chi connectivity index (χ0v) is 16.6. The maximum Gasteiger partial charge on any atom is 0.222 e. The molecular weight excluding hydrogens is 334 g/mol. The van der Waals surface area contributed by atoms with Gasteiger partial charge < -0.3 is 14.7 Å². The van der Waals surface area contributed by atoms with Gasteiger partial charge in [0.25, 0.3) is 0 Å². The summed E-state index contributed by atoms with van der Waals surface area (Å²) >= 11 is 5.95. The highest BCUT2D eigenvalue weighted by Gasteiger charge is 2.25. The summed E-state index contributed by atoms with van der Waals surface area (Å²) in [6, 6.07) is 8.30. The van der Waals surface area contributed by atoms with Gasteiger partial charge in [0.05, 0.1) is 0 Å². The first-order chi connectivity index (χ1) is 12.0. The Labute approximate surface area is 157 Å². The van der Waals surface area contributed by atoms with Gasteiger partial charge >= 0.3 is 0 Å². The molecule has 4 nitrogen and oxygen atoms in total. The number of nitrogens with zero attached hydrogens (tertiary/aromatic N) is 3. The summed E-state index contributed by atoms with van der Waals surface area (Å²) in [5, 5.41) is 0.737. The van der Waals surface area contributed by atoms with Crippen LogP contribution in [0.15, 0.2) is 24.3 Å². The van der Waals surface area contributed by atoms with E-state index in [0.29, 0.717) is 19.0 Å². The van der Waals surface area contributed by atoms with Gasteiger partial charge in [0.1, 0.15) is 0 Å². The largest absolute Gasteiger partial charge is 0.338 e. The first-order valence-corrected chi connectivity index (χ1v) is 9.86. The molecule has 2 rings (SSSR count). The van der Waals surface area contributed by atoms with Crippen molar-refractivity contribution < 1.29 is 4.79 Å². The van der Waals surface area contributed by atoms with Crippen molar-refractivity contribution in [1.82, 2.24) is 14.7 Å². The highest BCUT2D eigenvalue weighted by Crippen LogP contribution is 2.19. The fourth-order valence-corrected chi connectivity index (χ4v) is 3.59. The molecule has 1 fully saturated rings. The molecule has 1 amide bonds. The van der Waals surface area contributed by atoms with Crippen molar-refractivity contribution in [3.63, 3.8) is 0 Å². The second-order valence-corrected chi connectivity index (χ2v) is 7.37. The second kappa shape index (κ2) is 10.1. The lowest BCUT2D eigenvalue weighted by molar-refractivity contribution is -0.131. The number of hydrogen-bond donors (Lipinski definition) is 0. The Bertz CT molecular complexity index is 530. The van der Waals surface area contributed by atoms with E-state index in [1.165, 1.54) is 0 Å². The molecule has 0 bridgehead atoms. The molecule has 0 radical (unpaired) electrons. The summed E-state index contributed by atoms with van der Waals surface area (Å²) < 4.78 is 0. The molecule has 0 aliphatic carbocycles. The van der Waals surface area contributed by atoms with E-state index in [-0.39, 0.29) is 5.91 Å². The van der Waals surface area contributed by atoms with Crippen LogP contribution in [0.1, 0.15) is 38.7 Å². The van der Waals surface area contributed by atoms with E-state index in [1.807, 2.05) is 29.2 Å². The molecule has 25 heavy (non-hydrogen) atoms. The number of likely N-dealkylation sites (N-methyl/N-ethyl adjacent to an activating group) is 2. The predicted octanol–water partition coefficient (Wildman–Crippen LogP) is 3.49. The number of rotatable bonds is 8. The van der Waals surface area contributed by atoms with E-state index < -0.39 is 0 Å². The standard InChI is InChI=1S/C20H32ClN3O/c1-4-23(5-2)15-14-22(3)19-10-11-20(25)24(13-12-19)16-17-6-8-18(21)9-7-17/h6-9,19H,4-5,10-16H2,1-3H3/t19-/m1/s1. The number of halogens is 1. The van der Waals surface area contributed by atoms with Gasteiger partial charge in [-0.3, -0.25) is 4.79 Å². The van der Waals surface area contributed by atoms with Gasteiger partial charge in [-0.05, 0) is 50.7 Å². The first kappa shape index (κ1) is 20.2. The van der Waals surface area contributed by atoms with Gasteiger partial charge in [0.2, 0.25) is 5.91 Å². The molecule has 0 aromatic heterocycles. The lowest BCUT2D eigenvalue weighted by Gasteiger charge is -2.29. The van der Waals surface area contributed by atoms with Gasteiger partial charge in [-0.15, -0.1) is 0 Å². The molecule has 0 unspecified atom stereocenters. The number of benzene rings is 1. The predicted molar refractivity (Wildman–Crippen MR) is 105 cm³/mol. The third-order valence-corrected chi connectivity index (χ3v) is 5.60. The smallest absolute Gasteiger partial charge is 0.222 e. The monoisotopic (exact) mass is 365 g/mol. The van der Waals surface area contributed by atoms with Gasteiger partial charge in [0.15, 0.2) is 0 Å². The van der Waals surface area contributed by atoms with Crippen molar-refractivity contribution in [2.45, 2.75) is 45.7 Å². The van der Waals surface area contributed by atoms with Crippen molar-refractivity contribution >= 4 is 17.5 Å². The van der Waals surface area contributed by atoms with Crippen LogP contribution < -0.4 is 0 Å². The van der Waals surface area contributed by atoms with E-state index in [0.717, 1.165) is 56.2 Å². The van der Waals surface area contributed by atoms with Crippen LogP contribution in [0.2, 0.25) is 5.02 Å². The van der Waals surface area contributed by atoms with E-state index in [2.05, 4.69) is 30.7 Å². The van der Waals surface area contributed by atoms with Crippen LogP contribution in [0.4, 0.5) is 0 Å². The number of carbonyl (C=O) groups excluding carboxylic acids is 1. The zero-order chi connectivity index (χ0) is 18.2. The van der Waals surface area contributed by atoms with Crippen molar-refractivity contribution in [3.8, 4) is 0 Å². The minimum atomic E-state index is 0.273. The summed E-state index contributed by atoms with van der Waals surface area (Å²) in [4.78, 5) is 19.4. The van der Waals surface area contributed by atoms with E-state index >= 15 is 0 Å². The lowest BCUT2D eigenvalue weighted by Crippen LogP contribution is -2.39. The minimum absolute atomic E-state index is 0.273. The second-order valence-electron chi connectivity index (χ2n) is 6.93. The minimum Gasteiger partial charge on any atom is -0.338 e. The van der Waals surface area contributed by atoms with Crippen LogP contribution >= 0.6 is 11.6 Å². The topological polar surface area (TPSA) is 26.8 Å². The SMILES string of the molecule is CCN(CC)CCN(C)[C@@H]1CCC(=O)N(Cc2ccc(Cl)cc2)CC1. The Hall–Kier alpha value is -1.10. The molecule has 1 aliphatic heterocycles. The third kappa shape index (κ3) is 6.28. The van der Waals surface area contributed by atoms with Gasteiger partial charge in [0, 0.05) is 43.7 Å². The number of amides is 1. The Balaban J connectivity index is 1.86. The molecule has 140 valence electrons. The van der Waals surface area contributed by atoms with Crippen molar-refractivity contribution in [3.05, 3.63) is 34.9 Å². The van der Waals surface area contributed by atoms with Crippen molar-refractivity contribution in [2.75, 3.05) is 39.8 Å². The molecule has 1 aliphatic rings. The van der Waals surface area contributed by atoms with Gasteiger partial charge in [-0.2, -0.15) is 0 Å². The summed E-state index contributed by atoms with van der Waals surface area (Å²) in [5.74, 6) is 0.273. The zero-order valence-electron chi connectivity index (χ0n) is 15.9. The summed E-state index contributed by atoms with van der Waals surface area (Å²) in [6.07, 6.45) is 2.66. The molecule has 1 saturated heterocycles. The van der Waals surface area contributed by atoms with E-state index in [4.69, 9.17) is 11.6 Å². The highest BCUT2D eigenvalue weighted by atomic mass is 35.5. The fraction of sp³-hybridized carbons (Fsp3) is 0.650. The Morgan fingerprint density at radius 3 is 2.44 bits per heavy atom. The molecule has 1 heterocycles. The van der Waals surface area contributed by atoms with Crippen LogP contribution in [-0.2, 0) is 11.3 Å². The van der Waals surface area contributed by atoms with E-state index in [9.17, 15) is 4.79 Å². The maximum atomic E-state index is 12.5. The number of carbonyl (C=O) groups is 1. The molecule has 5 heteroatoms. The molecule has 1 aromatic rings. The summed E-state index contributed by atoms with van der Waals surface area (Å²) in [6.45, 7) is 10.3. The number of hydrogen-bond acceptors (Lipinski definition) is 3. The van der Waals surface area contributed by atoms with Crippen LogP contribution in [0.25, 0.3) is 0 Å². The van der Waals surface area contributed by atoms with Gasteiger partial charge in [-0.1, -0.05) is 37.6 Å². The van der Waals surface area contributed by atoms with Crippen LogP contribution in [-0.4, -0.2) is 66.4 Å². The molecule has 0 saturated carbocycles. The Kier molecular flexibility index (Phi) is 8.20. The first-order valence-electron chi connectivity index (χ1n) is 9.48. The maximum absolute atomic E-state index is 12.5. The normalized spacial score (nSPS) is 18.9. The average molecular weight is 366 g/mol. The number of likely N-dealkylation sites (tertiary alicyclic amines) is 1. The van der Waals surface area contributed by atoms with Crippen LogP contribution in [0.5, 0.6) is 0 Å². The summed E-state index contributed by atoms with van der Waals surface area (Å²) in [7, 11) is 2.20. The Morgan fingerprint density at radius 2 is 1.80 bits per heavy atom. The van der Waals surface area contributed by atoms with Crippen molar-refractivity contribution in [1.29, 1.82) is 0 Å².